The number of aromatic hydroxyl groups is 1. The standard InChI is InChI=1S/C16H20O6/c1-3-21-15(19)9-12(16(20)22-4-2)7-11-5-6-14(18)8-13(11)10-17/h5-6,8,10,12,18H,3-4,7,9H2,1-2H3. The molecule has 120 valence electrons. The second-order valence-electron chi connectivity index (χ2n) is 4.66. The highest BCUT2D eigenvalue weighted by atomic mass is 16.5. The zero-order chi connectivity index (χ0) is 16.5. The number of esters is 2. The highest BCUT2D eigenvalue weighted by Gasteiger charge is 2.25. The second-order valence-corrected chi connectivity index (χ2v) is 4.66. The molecule has 0 saturated carbocycles. The molecule has 0 aromatic heterocycles. The van der Waals surface area contributed by atoms with E-state index in [0.717, 1.165) is 0 Å². The predicted octanol–water partition coefficient (Wildman–Crippen LogP) is 1.88. The van der Waals surface area contributed by atoms with Crippen molar-refractivity contribution in [1.29, 1.82) is 0 Å². The van der Waals surface area contributed by atoms with Gasteiger partial charge in [-0.05, 0) is 38.0 Å². The lowest BCUT2D eigenvalue weighted by Crippen LogP contribution is -2.24. The lowest BCUT2D eigenvalue weighted by molar-refractivity contribution is -0.154. The molecule has 6 heteroatoms. The van der Waals surface area contributed by atoms with Gasteiger partial charge in [-0.2, -0.15) is 0 Å². The van der Waals surface area contributed by atoms with E-state index in [-0.39, 0.29) is 37.4 Å². The van der Waals surface area contributed by atoms with Crippen molar-refractivity contribution in [3.8, 4) is 5.75 Å². The predicted molar refractivity (Wildman–Crippen MR) is 78.6 cm³/mol. The molecule has 0 heterocycles. The number of phenolic OH excluding ortho intramolecular Hbond substituents is 1. The summed E-state index contributed by atoms with van der Waals surface area (Å²) < 4.78 is 9.83. The minimum Gasteiger partial charge on any atom is -0.508 e. The van der Waals surface area contributed by atoms with Gasteiger partial charge in [-0.3, -0.25) is 14.4 Å². The van der Waals surface area contributed by atoms with E-state index >= 15 is 0 Å². The van der Waals surface area contributed by atoms with Crippen LogP contribution in [0.3, 0.4) is 0 Å². The van der Waals surface area contributed by atoms with Crippen LogP contribution < -0.4 is 0 Å². The smallest absolute Gasteiger partial charge is 0.309 e. The molecule has 0 spiro atoms. The lowest BCUT2D eigenvalue weighted by atomic mass is 9.93. The summed E-state index contributed by atoms with van der Waals surface area (Å²) in [5.74, 6) is -1.78. The number of ether oxygens (including phenoxy) is 2. The van der Waals surface area contributed by atoms with Gasteiger partial charge in [0.2, 0.25) is 0 Å². The maximum absolute atomic E-state index is 12.0. The van der Waals surface area contributed by atoms with Crippen LogP contribution in [0.15, 0.2) is 18.2 Å². The minimum atomic E-state index is -0.734. The Morgan fingerprint density at radius 3 is 2.50 bits per heavy atom. The van der Waals surface area contributed by atoms with Crippen molar-refractivity contribution in [3.63, 3.8) is 0 Å². The molecule has 1 aromatic rings. The molecule has 0 saturated heterocycles. The molecule has 1 rings (SSSR count). The number of carbonyl (C=O) groups is 3. The van der Waals surface area contributed by atoms with Gasteiger partial charge in [0.05, 0.1) is 25.6 Å². The van der Waals surface area contributed by atoms with E-state index in [9.17, 15) is 19.5 Å². The highest BCUT2D eigenvalue weighted by molar-refractivity contribution is 5.82. The summed E-state index contributed by atoms with van der Waals surface area (Å²) in [6, 6.07) is 4.29. The molecule has 1 N–H and O–H groups in total. The van der Waals surface area contributed by atoms with Gasteiger partial charge in [-0.15, -0.1) is 0 Å². The van der Waals surface area contributed by atoms with E-state index in [2.05, 4.69) is 0 Å². The van der Waals surface area contributed by atoms with E-state index in [1.54, 1.807) is 19.9 Å². The molecule has 6 nitrogen and oxygen atoms in total. The lowest BCUT2D eigenvalue weighted by Gasteiger charge is -2.16. The van der Waals surface area contributed by atoms with Gasteiger partial charge in [-0.1, -0.05) is 6.07 Å². The van der Waals surface area contributed by atoms with Crippen molar-refractivity contribution < 1.29 is 29.0 Å². The Labute approximate surface area is 129 Å². The van der Waals surface area contributed by atoms with Crippen LogP contribution in [0.1, 0.15) is 36.2 Å². The Morgan fingerprint density at radius 2 is 1.91 bits per heavy atom. The zero-order valence-electron chi connectivity index (χ0n) is 12.7. The number of hydrogen-bond acceptors (Lipinski definition) is 6. The molecule has 0 bridgehead atoms. The summed E-state index contributed by atoms with van der Waals surface area (Å²) in [7, 11) is 0. The molecular formula is C16H20O6. The molecule has 1 unspecified atom stereocenters. The van der Waals surface area contributed by atoms with Crippen LogP contribution in [-0.2, 0) is 25.5 Å². The fraction of sp³-hybridized carbons (Fsp3) is 0.438. The van der Waals surface area contributed by atoms with Crippen molar-refractivity contribution >= 4 is 18.2 Å². The molecule has 0 aliphatic rings. The van der Waals surface area contributed by atoms with Crippen molar-refractivity contribution in [1.82, 2.24) is 0 Å². The topological polar surface area (TPSA) is 89.9 Å². The Kier molecular flexibility index (Phi) is 7.08. The van der Waals surface area contributed by atoms with Crippen molar-refractivity contribution in [2.24, 2.45) is 5.92 Å². The summed E-state index contributed by atoms with van der Waals surface area (Å²) in [5.41, 5.74) is 0.841. The van der Waals surface area contributed by atoms with Crippen LogP contribution >= 0.6 is 0 Å². The number of phenols is 1. The van der Waals surface area contributed by atoms with E-state index < -0.39 is 17.9 Å². The Balaban J connectivity index is 2.94. The average molecular weight is 308 g/mol. The van der Waals surface area contributed by atoms with E-state index in [0.29, 0.717) is 11.8 Å². The fourth-order valence-corrected chi connectivity index (χ4v) is 2.06. The van der Waals surface area contributed by atoms with Crippen molar-refractivity contribution in [2.45, 2.75) is 26.7 Å². The summed E-state index contributed by atoms with van der Waals surface area (Å²) in [6.45, 7) is 3.79. The summed E-state index contributed by atoms with van der Waals surface area (Å²) >= 11 is 0. The molecule has 22 heavy (non-hydrogen) atoms. The normalized spacial score (nSPS) is 11.5. The molecule has 0 amide bonds. The van der Waals surface area contributed by atoms with Crippen molar-refractivity contribution in [3.05, 3.63) is 29.3 Å². The van der Waals surface area contributed by atoms with Crippen LogP contribution in [-0.4, -0.2) is 36.5 Å². The summed E-state index contributed by atoms with van der Waals surface area (Å²) in [5, 5.41) is 9.39. The Bertz CT molecular complexity index is 537. The first-order valence-corrected chi connectivity index (χ1v) is 7.11. The highest BCUT2D eigenvalue weighted by Crippen LogP contribution is 2.21. The Morgan fingerprint density at radius 1 is 1.23 bits per heavy atom. The Hall–Kier alpha value is -2.37. The quantitative estimate of drug-likeness (QED) is 0.582. The van der Waals surface area contributed by atoms with E-state index in [1.807, 2.05) is 0 Å². The van der Waals surface area contributed by atoms with Gasteiger partial charge in [0.15, 0.2) is 0 Å². The number of benzene rings is 1. The van der Waals surface area contributed by atoms with Crippen LogP contribution in [0.25, 0.3) is 0 Å². The van der Waals surface area contributed by atoms with Crippen LogP contribution in [0.4, 0.5) is 0 Å². The maximum atomic E-state index is 12.0. The van der Waals surface area contributed by atoms with Gasteiger partial charge < -0.3 is 14.6 Å². The van der Waals surface area contributed by atoms with Crippen molar-refractivity contribution in [2.75, 3.05) is 13.2 Å². The number of hydrogen-bond donors (Lipinski definition) is 1. The summed E-state index contributed by atoms with van der Waals surface area (Å²) in [6.07, 6.45) is 0.638. The molecule has 0 radical (unpaired) electrons. The number of aldehydes is 1. The third kappa shape index (κ3) is 5.20. The fourth-order valence-electron chi connectivity index (χ4n) is 2.06. The first-order chi connectivity index (χ1) is 10.5. The molecule has 0 fully saturated rings. The molecule has 1 atom stereocenters. The zero-order valence-corrected chi connectivity index (χ0v) is 12.7. The third-order valence-electron chi connectivity index (χ3n) is 3.06. The van der Waals surface area contributed by atoms with E-state index in [4.69, 9.17) is 9.47 Å². The minimum absolute atomic E-state index is 0.0380. The van der Waals surface area contributed by atoms with Gasteiger partial charge in [-0.25, -0.2) is 0 Å². The summed E-state index contributed by atoms with van der Waals surface area (Å²) in [4.78, 5) is 34.7. The molecule has 0 aliphatic heterocycles. The number of carbonyl (C=O) groups excluding carboxylic acids is 3. The molecular weight excluding hydrogens is 288 g/mol. The maximum Gasteiger partial charge on any atom is 0.309 e. The van der Waals surface area contributed by atoms with Gasteiger partial charge in [0.25, 0.3) is 0 Å². The van der Waals surface area contributed by atoms with E-state index in [1.165, 1.54) is 12.1 Å². The van der Waals surface area contributed by atoms with Crippen LogP contribution in [0.5, 0.6) is 5.75 Å². The van der Waals surface area contributed by atoms with Gasteiger partial charge in [0, 0.05) is 5.56 Å². The number of rotatable bonds is 8. The first-order valence-electron chi connectivity index (χ1n) is 7.11. The monoisotopic (exact) mass is 308 g/mol. The molecule has 0 aliphatic carbocycles. The SMILES string of the molecule is CCOC(=O)CC(Cc1ccc(O)cc1C=O)C(=O)OCC. The first kappa shape index (κ1) is 17.7. The average Bonchev–Trinajstić information content (AvgIpc) is 2.48. The van der Waals surface area contributed by atoms with Crippen LogP contribution in [0.2, 0.25) is 0 Å². The third-order valence-corrected chi connectivity index (χ3v) is 3.06. The molecule has 1 aromatic carbocycles. The largest absolute Gasteiger partial charge is 0.508 e. The second kappa shape index (κ2) is 8.81. The van der Waals surface area contributed by atoms with Gasteiger partial charge >= 0.3 is 11.9 Å². The van der Waals surface area contributed by atoms with Crippen LogP contribution in [0, 0.1) is 5.92 Å². The van der Waals surface area contributed by atoms with Gasteiger partial charge in [0.1, 0.15) is 12.0 Å².